The molecular weight excluding hydrogens is 410 g/mol. The molecule has 1 amide bonds. The van der Waals surface area contributed by atoms with Crippen LogP contribution >= 0.6 is 11.6 Å². The van der Waals surface area contributed by atoms with Gasteiger partial charge >= 0.3 is 0 Å². The second-order valence-electron chi connectivity index (χ2n) is 6.34. The quantitative estimate of drug-likeness (QED) is 0.532. The van der Waals surface area contributed by atoms with Crippen molar-refractivity contribution in [3.63, 3.8) is 0 Å². The van der Waals surface area contributed by atoms with Crippen molar-refractivity contribution < 1.29 is 18.2 Å². The SMILES string of the molecule is CCOc1ccccc1CNC(=O)c1ccc(C[S@@](=O)Cc2ccc(Cl)cc2)o1. The molecule has 1 N–H and O–H groups in total. The van der Waals surface area contributed by atoms with Crippen LogP contribution in [-0.2, 0) is 28.9 Å². The number of ether oxygens (including phenoxy) is 1. The Bertz CT molecular complexity index is 984. The number of amides is 1. The maximum Gasteiger partial charge on any atom is 0.287 e. The maximum atomic E-state index is 12.4. The molecule has 29 heavy (non-hydrogen) atoms. The summed E-state index contributed by atoms with van der Waals surface area (Å²) in [5, 5.41) is 3.47. The van der Waals surface area contributed by atoms with Crippen LogP contribution in [0.25, 0.3) is 0 Å². The Hall–Kier alpha value is -2.57. The summed E-state index contributed by atoms with van der Waals surface area (Å²) in [5.74, 6) is 1.75. The van der Waals surface area contributed by atoms with Gasteiger partial charge in [-0.25, -0.2) is 0 Å². The fourth-order valence-corrected chi connectivity index (χ4v) is 4.03. The first kappa shape index (κ1) is 21.1. The molecule has 0 aliphatic heterocycles. The summed E-state index contributed by atoms with van der Waals surface area (Å²) in [7, 11) is -1.15. The van der Waals surface area contributed by atoms with Crippen LogP contribution in [-0.4, -0.2) is 16.7 Å². The summed E-state index contributed by atoms with van der Waals surface area (Å²) in [6.45, 7) is 2.80. The van der Waals surface area contributed by atoms with Gasteiger partial charge in [-0.1, -0.05) is 41.9 Å². The minimum Gasteiger partial charge on any atom is -0.494 e. The van der Waals surface area contributed by atoms with Crippen molar-refractivity contribution in [2.24, 2.45) is 0 Å². The lowest BCUT2D eigenvalue weighted by atomic mass is 10.2. The van der Waals surface area contributed by atoms with E-state index in [1.807, 2.05) is 43.3 Å². The molecule has 1 aromatic heterocycles. The summed E-state index contributed by atoms with van der Waals surface area (Å²) in [4.78, 5) is 12.4. The molecule has 0 aliphatic rings. The molecule has 2 aromatic carbocycles. The summed E-state index contributed by atoms with van der Waals surface area (Å²) in [5.41, 5.74) is 1.82. The predicted molar refractivity (Wildman–Crippen MR) is 114 cm³/mol. The van der Waals surface area contributed by atoms with Crippen LogP contribution in [0.5, 0.6) is 5.75 Å². The predicted octanol–water partition coefficient (Wildman–Crippen LogP) is 4.71. The molecule has 0 saturated carbocycles. The maximum absolute atomic E-state index is 12.4. The molecule has 7 heteroatoms. The van der Waals surface area contributed by atoms with Crippen molar-refractivity contribution in [2.75, 3.05) is 6.61 Å². The van der Waals surface area contributed by atoms with Gasteiger partial charge in [-0.3, -0.25) is 9.00 Å². The first-order valence-corrected chi connectivity index (χ1v) is 11.1. The third-order valence-electron chi connectivity index (χ3n) is 4.14. The van der Waals surface area contributed by atoms with Gasteiger partial charge in [0.25, 0.3) is 5.91 Å². The molecule has 0 fully saturated rings. The number of rotatable bonds is 9. The summed E-state index contributed by atoms with van der Waals surface area (Å²) >= 11 is 5.86. The van der Waals surface area contributed by atoms with Crippen LogP contribution in [0, 0.1) is 0 Å². The van der Waals surface area contributed by atoms with Gasteiger partial charge in [0.1, 0.15) is 11.5 Å². The molecule has 1 heterocycles. The zero-order valence-electron chi connectivity index (χ0n) is 16.0. The molecular formula is C22H22ClNO4S. The van der Waals surface area contributed by atoms with Crippen molar-refractivity contribution in [2.45, 2.75) is 25.0 Å². The van der Waals surface area contributed by atoms with Gasteiger partial charge in [-0.15, -0.1) is 0 Å². The van der Waals surface area contributed by atoms with Crippen molar-refractivity contribution >= 4 is 28.3 Å². The first-order valence-electron chi connectivity index (χ1n) is 9.22. The third-order valence-corrected chi connectivity index (χ3v) is 5.66. The van der Waals surface area contributed by atoms with E-state index < -0.39 is 10.8 Å². The standard InChI is InChI=1S/C22H22ClNO4S/c1-2-27-20-6-4-3-5-17(20)13-24-22(25)21-12-11-19(28-21)15-29(26)14-16-7-9-18(23)10-8-16/h3-12H,2,13-15H2,1H3,(H,24,25)/t29-/m0/s1. The molecule has 0 unspecified atom stereocenters. The average Bonchev–Trinajstić information content (AvgIpc) is 3.17. The molecule has 1 atom stereocenters. The molecule has 0 saturated heterocycles. The number of hydrogen-bond donors (Lipinski definition) is 1. The van der Waals surface area contributed by atoms with E-state index in [1.165, 1.54) is 0 Å². The van der Waals surface area contributed by atoms with Crippen LogP contribution in [0.1, 0.15) is 34.4 Å². The summed E-state index contributed by atoms with van der Waals surface area (Å²) in [6.07, 6.45) is 0. The molecule has 152 valence electrons. The van der Waals surface area contributed by atoms with Crippen LogP contribution in [0.15, 0.2) is 65.1 Å². The molecule has 0 aliphatic carbocycles. The Labute approximate surface area is 177 Å². The normalized spacial score (nSPS) is 11.8. The number of carbonyl (C=O) groups is 1. The fourth-order valence-electron chi connectivity index (χ4n) is 2.76. The highest BCUT2D eigenvalue weighted by molar-refractivity contribution is 7.83. The fraction of sp³-hybridized carbons (Fsp3) is 0.227. The highest BCUT2D eigenvalue weighted by atomic mass is 35.5. The molecule has 0 spiro atoms. The molecule has 0 radical (unpaired) electrons. The molecule has 0 bridgehead atoms. The van der Waals surface area contributed by atoms with E-state index in [2.05, 4.69) is 5.32 Å². The van der Waals surface area contributed by atoms with E-state index in [-0.39, 0.29) is 17.4 Å². The smallest absolute Gasteiger partial charge is 0.287 e. The van der Waals surface area contributed by atoms with Crippen molar-refractivity contribution in [1.29, 1.82) is 0 Å². The minimum absolute atomic E-state index is 0.192. The number of hydrogen-bond acceptors (Lipinski definition) is 4. The number of furan rings is 1. The monoisotopic (exact) mass is 431 g/mol. The largest absolute Gasteiger partial charge is 0.494 e. The Morgan fingerprint density at radius 2 is 1.83 bits per heavy atom. The average molecular weight is 432 g/mol. The zero-order valence-corrected chi connectivity index (χ0v) is 17.6. The first-order chi connectivity index (χ1) is 14.0. The van der Waals surface area contributed by atoms with Crippen LogP contribution in [0.4, 0.5) is 0 Å². The van der Waals surface area contributed by atoms with E-state index >= 15 is 0 Å². The van der Waals surface area contributed by atoms with E-state index in [0.29, 0.717) is 29.7 Å². The lowest BCUT2D eigenvalue weighted by Crippen LogP contribution is -2.22. The highest BCUT2D eigenvalue weighted by Crippen LogP contribution is 2.18. The molecule has 3 rings (SSSR count). The van der Waals surface area contributed by atoms with Crippen LogP contribution in [0.2, 0.25) is 5.02 Å². The summed E-state index contributed by atoms with van der Waals surface area (Å²) < 4.78 is 23.5. The Kier molecular flexibility index (Phi) is 7.49. The van der Waals surface area contributed by atoms with E-state index in [0.717, 1.165) is 16.9 Å². The van der Waals surface area contributed by atoms with Gasteiger partial charge in [-0.2, -0.15) is 0 Å². The van der Waals surface area contributed by atoms with Crippen molar-refractivity contribution in [3.8, 4) is 5.75 Å². The lowest BCUT2D eigenvalue weighted by molar-refractivity contribution is 0.0921. The van der Waals surface area contributed by atoms with E-state index in [4.69, 9.17) is 20.8 Å². The number of halogens is 1. The van der Waals surface area contributed by atoms with Gasteiger partial charge in [-0.05, 0) is 42.8 Å². The number of carbonyl (C=O) groups excluding carboxylic acids is 1. The highest BCUT2D eigenvalue weighted by Gasteiger charge is 2.14. The topological polar surface area (TPSA) is 68.5 Å². The molecule has 3 aromatic rings. The Balaban J connectivity index is 1.54. The second kappa shape index (κ2) is 10.3. The van der Waals surface area contributed by atoms with Gasteiger partial charge < -0.3 is 14.5 Å². The van der Waals surface area contributed by atoms with E-state index in [1.54, 1.807) is 24.3 Å². The number of benzene rings is 2. The summed E-state index contributed by atoms with van der Waals surface area (Å²) in [6, 6.07) is 18.1. The van der Waals surface area contributed by atoms with Crippen LogP contribution < -0.4 is 10.1 Å². The second-order valence-corrected chi connectivity index (χ2v) is 8.24. The zero-order chi connectivity index (χ0) is 20.6. The Morgan fingerprint density at radius 3 is 2.59 bits per heavy atom. The minimum atomic E-state index is -1.15. The van der Waals surface area contributed by atoms with Crippen molar-refractivity contribution in [3.05, 3.63) is 88.3 Å². The van der Waals surface area contributed by atoms with Crippen LogP contribution in [0.3, 0.4) is 0 Å². The van der Waals surface area contributed by atoms with Gasteiger partial charge in [0, 0.05) is 33.7 Å². The van der Waals surface area contributed by atoms with Gasteiger partial charge in [0.15, 0.2) is 5.76 Å². The van der Waals surface area contributed by atoms with Gasteiger partial charge in [0.05, 0.1) is 12.4 Å². The number of para-hydroxylation sites is 1. The van der Waals surface area contributed by atoms with Crippen molar-refractivity contribution in [1.82, 2.24) is 5.32 Å². The number of nitrogens with one attached hydrogen (secondary N) is 1. The van der Waals surface area contributed by atoms with Gasteiger partial charge in [0.2, 0.25) is 0 Å². The molecule has 5 nitrogen and oxygen atoms in total. The Morgan fingerprint density at radius 1 is 1.07 bits per heavy atom. The third kappa shape index (κ3) is 6.21. The van der Waals surface area contributed by atoms with E-state index in [9.17, 15) is 9.00 Å². The lowest BCUT2D eigenvalue weighted by Gasteiger charge is -2.10.